The Morgan fingerprint density at radius 2 is 1.67 bits per heavy atom. The van der Waals surface area contributed by atoms with E-state index in [9.17, 15) is 8.78 Å². The highest BCUT2D eigenvalue weighted by atomic mass is 19.1. The lowest BCUT2D eigenvalue weighted by Crippen LogP contribution is -1.89. The van der Waals surface area contributed by atoms with Crippen molar-refractivity contribution in [2.45, 2.75) is 6.42 Å². The van der Waals surface area contributed by atoms with Gasteiger partial charge in [-0.3, -0.25) is 0 Å². The lowest BCUT2D eigenvalue weighted by molar-refractivity contribution is 0.623. The second kappa shape index (κ2) is 4.22. The summed E-state index contributed by atoms with van der Waals surface area (Å²) in [6.07, 6.45) is 0.567. The molecule has 2 aromatic carbocycles. The van der Waals surface area contributed by atoms with E-state index in [-0.39, 0.29) is 11.6 Å². The Balaban J connectivity index is 2.18. The zero-order chi connectivity index (χ0) is 10.7. The molecule has 0 saturated heterocycles. The molecule has 0 amide bonds. The van der Waals surface area contributed by atoms with Gasteiger partial charge in [-0.1, -0.05) is 24.3 Å². The van der Waals surface area contributed by atoms with Crippen molar-refractivity contribution in [3.63, 3.8) is 0 Å². The first kappa shape index (κ1) is 9.84. The first-order valence-corrected chi connectivity index (χ1v) is 4.65. The molecule has 1 radical (unpaired) electrons. The highest BCUT2D eigenvalue weighted by molar-refractivity contribution is 5.25. The molecule has 2 rings (SSSR count). The smallest absolute Gasteiger partial charge is 0.131 e. The van der Waals surface area contributed by atoms with Crippen LogP contribution in [0.15, 0.2) is 42.5 Å². The standard InChI is InChI=1S/C13H9F2/c14-12-6-4-10(5-7-12)8-11-2-1-3-13(15)9-11/h1-7H,8H2. The van der Waals surface area contributed by atoms with Crippen LogP contribution in [-0.2, 0) is 6.42 Å². The van der Waals surface area contributed by atoms with Gasteiger partial charge in [0.05, 0.1) is 0 Å². The molecule has 0 unspecified atom stereocenters. The van der Waals surface area contributed by atoms with E-state index in [0.29, 0.717) is 6.42 Å². The second-order valence-corrected chi connectivity index (χ2v) is 3.33. The van der Waals surface area contributed by atoms with Crippen LogP contribution >= 0.6 is 0 Å². The number of benzene rings is 2. The van der Waals surface area contributed by atoms with E-state index >= 15 is 0 Å². The van der Waals surface area contributed by atoms with Gasteiger partial charge in [0.25, 0.3) is 0 Å². The third-order valence-corrected chi connectivity index (χ3v) is 2.13. The zero-order valence-electron chi connectivity index (χ0n) is 8.00. The Bertz CT molecular complexity index is 446. The van der Waals surface area contributed by atoms with Gasteiger partial charge in [-0.05, 0) is 35.7 Å². The molecule has 2 aromatic rings. The van der Waals surface area contributed by atoms with E-state index in [2.05, 4.69) is 6.07 Å². The lowest BCUT2D eigenvalue weighted by atomic mass is 10.1. The van der Waals surface area contributed by atoms with E-state index in [0.717, 1.165) is 11.1 Å². The molecule has 0 nitrogen and oxygen atoms in total. The molecule has 0 fully saturated rings. The molecule has 0 spiro atoms. The van der Waals surface area contributed by atoms with Crippen LogP contribution in [0.5, 0.6) is 0 Å². The van der Waals surface area contributed by atoms with Crippen LogP contribution in [0.1, 0.15) is 11.1 Å². The maximum atomic E-state index is 12.8. The minimum atomic E-state index is -0.366. The summed E-state index contributed by atoms with van der Waals surface area (Å²) in [5.41, 5.74) is 1.71. The van der Waals surface area contributed by atoms with Crippen LogP contribution in [0, 0.1) is 17.7 Å². The average Bonchev–Trinajstić information content (AvgIpc) is 2.22. The maximum Gasteiger partial charge on any atom is 0.131 e. The first-order chi connectivity index (χ1) is 7.24. The molecule has 0 N–H and O–H groups in total. The Kier molecular flexibility index (Phi) is 2.77. The van der Waals surface area contributed by atoms with Gasteiger partial charge in [-0.15, -0.1) is 0 Å². The fourth-order valence-electron chi connectivity index (χ4n) is 1.41. The van der Waals surface area contributed by atoms with Crippen molar-refractivity contribution in [3.05, 3.63) is 71.3 Å². The van der Waals surface area contributed by atoms with Crippen molar-refractivity contribution in [1.82, 2.24) is 0 Å². The van der Waals surface area contributed by atoms with Gasteiger partial charge < -0.3 is 0 Å². The van der Waals surface area contributed by atoms with Crippen molar-refractivity contribution >= 4 is 0 Å². The van der Waals surface area contributed by atoms with Crippen molar-refractivity contribution in [1.29, 1.82) is 0 Å². The summed E-state index contributed by atoms with van der Waals surface area (Å²) in [7, 11) is 0. The Labute approximate surface area is 87.2 Å². The average molecular weight is 203 g/mol. The van der Waals surface area contributed by atoms with Crippen LogP contribution in [-0.4, -0.2) is 0 Å². The molecule has 0 atom stereocenters. The monoisotopic (exact) mass is 203 g/mol. The van der Waals surface area contributed by atoms with Gasteiger partial charge in [0.2, 0.25) is 0 Å². The third kappa shape index (κ3) is 2.62. The number of hydrogen-bond acceptors (Lipinski definition) is 0. The van der Waals surface area contributed by atoms with Crippen molar-refractivity contribution in [3.8, 4) is 0 Å². The Morgan fingerprint density at radius 1 is 0.933 bits per heavy atom. The van der Waals surface area contributed by atoms with Gasteiger partial charge in [-0.25, -0.2) is 8.78 Å². The largest absolute Gasteiger partial charge is 0.207 e. The topological polar surface area (TPSA) is 0 Å². The predicted molar refractivity (Wildman–Crippen MR) is 54.4 cm³/mol. The van der Waals surface area contributed by atoms with Gasteiger partial charge in [-0.2, -0.15) is 0 Å². The van der Waals surface area contributed by atoms with E-state index in [1.54, 1.807) is 24.3 Å². The van der Waals surface area contributed by atoms with Gasteiger partial charge in [0.1, 0.15) is 11.6 Å². The van der Waals surface area contributed by atoms with Gasteiger partial charge >= 0.3 is 0 Å². The number of rotatable bonds is 2. The molecule has 0 aliphatic rings. The molecule has 0 aliphatic carbocycles. The Morgan fingerprint density at radius 3 is 2.33 bits per heavy atom. The van der Waals surface area contributed by atoms with Crippen LogP contribution < -0.4 is 0 Å². The van der Waals surface area contributed by atoms with Crippen LogP contribution in [0.2, 0.25) is 0 Å². The molecule has 0 heterocycles. The summed E-state index contributed by atoms with van der Waals surface area (Å²) in [4.78, 5) is 0. The molecule has 0 bridgehead atoms. The quantitative estimate of drug-likeness (QED) is 0.702. The highest BCUT2D eigenvalue weighted by Gasteiger charge is 1.98. The van der Waals surface area contributed by atoms with Crippen LogP contribution in [0.4, 0.5) is 8.78 Å². The minimum Gasteiger partial charge on any atom is -0.207 e. The van der Waals surface area contributed by atoms with Crippen molar-refractivity contribution in [2.75, 3.05) is 0 Å². The van der Waals surface area contributed by atoms with Crippen LogP contribution in [0.3, 0.4) is 0 Å². The number of halogens is 2. The van der Waals surface area contributed by atoms with Crippen LogP contribution in [0.25, 0.3) is 0 Å². The maximum absolute atomic E-state index is 12.8. The van der Waals surface area contributed by atoms with E-state index in [1.807, 2.05) is 0 Å². The van der Waals surface area contributed by atoms with Crippen molar-refractivity contribution in [2.24, 2.45) is 0 Å². The highest BCUT2D eigenvalue weighted by Crippen LogP contribution is 2.10. The summed E-state index contributed by atoms with van der Waals surface area (Å²) < 4.78 is 25.4. The normalized spacial score (nSPS) is 10.3. The fourth-order valence-corrected chi connectivity index (χ4v) is 1.41. The zero-order valence-corrected chi connectivity index (χ0v) is 8.00. The van der Waals surface area contributed by atoms with E-state index < -0.39 is 0 Å². The van der Waals surface area contributed by atoms with Gasteiger partial charge in [0, 0.05) is 6.07 Å². The van der Waals surface area contributed by atoms with E-state index in [4.69, 9.17) is 0 Å². The predicted octanol–water partition coefficient (Wildman–Crippen LogP) is 3.36. The lowest BCUT2D eigenvalue weighted by Gasteiger charge is -2.01. The summed E-state index contributed by atoms with van der Waals surface area (Å²) in [6.45, 7) is 0. The second-order valence-electron chi connectivity index (χ2n) is 3.33. The van der Waals surface area contributed by atoms with Gasteiger partial charge in [0.15, 0.2) is 0 Å². The SMILES string of the molecule is Fc1[c]c(Cc2ccc(F)cc2)ccc1. The third-order valence-electron chi connectivity index (χ3n) is 2.13. The summed E-state index contributed by atoms with van der Waals surface area (Å²) in [5.74, 6) is -0.628. The molecule has 0 aliphatic heterocycles. The molecule has 75 valence electrons. The molecular formula is C13H9F2. The molecule has 15 heavy (non-hydrogen) atoms. The molecule has 2 heteroatoms. The summed E-state index contributed by atoms with van der Waals surface area (Å²) in [6, 6.07) is 13.6. The fraction of sp³-hybridized carbons (Fsp3) is 0.0769. The molecule has 0 aromatic heterocycles. The summed E-state index contributed by atoms with van der Waals surface area (Å²) >= 11 is 0. The molecule has 0 saturated carbocycles. The number of hydrogen-bond donors (Lipinski definition) is 0. The minimum absolute atomic E-state index is 0.262. The summed E-state index contributed by atoms with van der Waals surface area (Å²) in [5, 5.41) is 0. The van der Waals surface area contributed by atoms with E-state index in [1.165, 1.54) is 18.2 Å². The first-order valence-electron chi connectivity index (χ1n) is 4.65. The Hall–Kier alpha value is -1.70. The van der Waals surface area contributed by atoms with Crippen molar-refractivity contribution < 1.29 is 8.78 Å². The molecular weight excluding hydrogens is 194 g/mol.